The number of rotatable bonds is 4. The van der Waals surface area contributed by atoms with E-state index in [-0.39, 0.29) is 5.82 Å². The maximum Gasteiger partial charge on any atom is 0.127 e. The summed E-state index contributed by atoms with van der Waals surface area (Å²) in [7, 11) is 0. The van der Waals surface area contributed by atoms with Crippen molar-refractivity contribution < 1.29 is 4.39 Å². The molecule has 0 saturated carbocycles. The predicted octanol–water partition coefficient (Wildman–Crippen LogP) is 5.08. The summed E-state index contributed by atoms with van der Waals surface area (Å²) in [4.78, 5) is 0.377. The van der Waals surface area contributed by atoms with E-state index in [0.717, 1.165) is 12.0 Å². The predicted molar refractivity (Wildman–Crippen MR) is 71.8 cm³/mol. The molecule has 1 aromatic rings. The highest BCUT2D eigenvalue weighted by Crippen LogP contribution is 2.27. The van der Waals surface area contributed by atoms with Crippen molar-refractivity contribution in [1.82, 2.24) is 0 Å². The molecule has 90 valence electrons. The van der Waals surface area contributed by atoms with Crippen molar-refractivity contribution >= 4 is 27.5 Å². The lowest BCUT2D eigenvalue weighted by molar-refractivity contribution is 0.378. The first-order valence-electron chi connectivity index (χ1n) is 5.49. The fourth-order valence-corrected chi connectivity index (χ4v) is 2.83. The third-order valence-electron chi connectivity index (χ3n) is 2.92. The lowest BCUT2D eigenvalue weighted by Crippen LogP contribution is -2.20. The Kier molecular flexibility index (Phi) is 5.26. The molecule has 3 heteroatoms. The van der Waals surface area contributed by atoms with Gasteiger partial charge < -0.3 is 0 Å². The van der Waals surface area contributed by atoms with Gasteiger partial charge >= 0.3 is 0 Å². The van der Waals surface area contributed by atoms with Gasteiger partial charge in [0.2, 0.25) is 0 Å². The van der Waals surface area contributed by atoms with Gasteiger partial charge in [-0.3, -0.25) is 0 Å². The highest BCUT2D eigenvalue weighted by molar-refractivity contribution is 9.09. The van der Waals surface area contributed by atoms with Crippen molar-refractivity contribution in [2.75, 3.05) is 0 Å². The first-order chi connectivity index (χ1) is 7.41. The number of halogens is 3. The van der Waals surface area contributed by atoms with Crippen molar-refractivity contribution in [1.29, 1.82) is 0 Å². The minimum Gasteiger partial charge on any atom is -0.207 e. The molecule has 0 radical (unpaired) electrons. The van der Waals surface area contributed by atoms with E-state index in [1.165, 1.54) is 6.07 Å². The molecule has 1 rings (SSSR count). The van der Waals surface area contributed by atoms with E-state index in [4.69, 9.17) is 11.6 Å². The fourth-order valence-electron chi connectivity index (χ4n) is 1.87. The van der Waals surface area contributed by atoms with E-state index in [1.807, 2.05) is 0 Å². The average molecular weight is 308 g/mol. The molecule has 0 bridgehead atoms. The van der Waals surface area contributed by atoms with Gasteiger partial charge in [-0.25, -0.2) is 4.39 Å². The van der Waals surface area contributed by atoms with Crippen molar-refractivity contribution in [3.05, 3.63) is 34.6 Å². The van der Waals surface area contributed by atoms with Crippen LogP contribution in [0.5, 0.6) is 0 Å². The van der Waals surface area contributed by atoms with E-state index < -0.39 is 0 Å². The van der Waals surface area contributed by atoms with Crippen molar-refractivity contribution in [3.63, 3.8) is 0 Å². The second-order valence-electron chi connectivity index (χ2n) is 4.53. The molecule has 0 spiro atoms. The van der Waals surface area contributed by atoms with E-state index in [2.05, 4.69) is 36.7 Å². The second-order valence-corrected chi connectivity index (χ2v) is 6.41. The van der Waals surface area contributed by atoms with Gasteiger partial charge in [-0.1, -0.05) is 54.4 Å². The molecule has 0 aliphatic rings. The minimum atomic E-state index is -0.202. The molecule has 0 nitrogen and oxygen atoms in total. The van der Waals surface area contributed by atoms with Crippen LogP contribution in [0.3, 0.4) is 0 Å². The quantitative estimate of drug-likeness (QED) is 0.681. The second kappa shape index (κ2) is 6.02. The SMILES string of the molecule is CC(C)C(Cc1ccc(Cl)cc1F)C(C)Br. The van der Waals surface area contributed by atoms with Crippen molar-refractivity contribution in [2.24, 2.45) is 11.8 Å². The van der Waals surface area contributed by atoms with Gasteiger partial charge in [0.25, 0.3) is 0 Å². The largest absolute Gasteiger partial charge is 0.207 e. The van der Waals surface area contributed by atoms with Crippen LogP contribution in [0.25, 0.3) is 0 Å². The van der Waals surface area contributed by atoms with Gasteiger partial charge in [-0.2, -0.15) is 0 Å². The molecule has 0 heterocycles. The third-order valence-corrected chi connectivity index (χ3v) is 3.83. The summed E-state index contributed by atoms with van der Waals surface area (Å²) in [5, 5.41) is 0.453. The Morgan fingerprint density at radius 3 is 2.38 bits per heavy atom. The molecule has 0 fully saturated rings. The van der Waals surface area contributed by atoms with Gasteiger partial charge in [-0.15, -0.1) is 0 Å². The van der Waals surface area contributed by atoms with Gasteiger partial charge in [-0.05, 0) is 36.0 Å². The Bertz CT molecular complexity index is 342. The summed E-state index contributed by atoms with van der Waals surface area (Å²) in [5.74, 6) is 0.742. The average Bonchev–Trinajstić information content (AvgIpc) is 2.15. The summed E-state index contributed by atoms with van der Waals surface area (Å²) in [5.41, 5.74) is 0.745. The molecule has 16 heavy (non-hydrogen) atoms. The van der Waals surface area contributed by atoms with Crippen LogP contribution in [-0.2, 0) is 6.42 Å². The standard InChI is InChI=1S/C13H17BrClF/c1-8(2)12(9(3)14)6-10-4-5-11(15)7-13(10)16/h4-5,7-9,12H,6H2,1-3H3. The summed E-state index contributed by atoms with van der Waals surface area (Å²) < 4.78 is 13.6. The molecule has 0 aliphatic carbocycles. The van der Waals surface area contributed by atoms with E-state index in [9.17, 15) is 4.39 Å². The first-order valence-corrected chi connectivity index (χ1v) is 6.79. The van der Waals surface area contributed by atoms with Gasteiger partial charge in [0.15, 0.2) is 0 Å². The Morgan fingerprint density at radius 1 is 1.31 bits per heavy atom. The highest BCUT2D eigenvalue weighted by Gasteiger charge is 2.20. The molecule has 0 saturated heterocycles. The molecule has 1 aromatic carbocycles. The Balaban J connectivity index is 2.85. The van der Waals surface area contributed by atoms with Gasteiger partial charge in [0.05, 0.1) is 0 Å². The van der Waals surface area contributed by atoms with Gasteiger partial charge in [0.1, 0.15) is 5.82 Å². The van der Waals surface area contributed by atoms with Crippen molar-refractivity contribution in [3.8, 4) is 0 Å². The van der Waals surface area contributed by atoms with Crippen LogP contribution in [0.15, 0.2) is 18.2 Å². The molecular weight excluding hydrogens is 290 g/mol. The maximum atomic E-state index is 13.6. The Labute approximate surface area is 110 Å². The first kappa shape index (κ1) is 14.0. The molecule has 0 amide bonds. The molecule has 2 atom stereocenters. The number of alkyl halides is 1. The smallest absolute Gasteiger partial charge is 0.127 e. The summed E-state index contributed by atoms with van der Waals surface area (Å²) in [6, 6.07) is 4.91. The zero-order chi connectivity index (χ0) is 12.3. The fraction of sp³-hybridized carbons (Fsp3) is 0.538. The third kappa shape index (κ3) is 3.74. The van der Waals surface area contributed by atoms with Crippen molar-refractivity contribution in [2.45, 2.75) is 32.0 Å². The molecule has 0 aliphatic heterocycles. The molecule has 0 aromatic heterocycles. The maximum absolute atomic E-state index is 13.6. The van der Waals surface area contributed by atoms with Gasteiger partial charge in [0, 0.05) is 9.85 Å². The summed E-state index contributed by atoms with van der Waals surface area (Å²) in [6.45, 7) is 6.44. The molecule has 2 unspecified atom stereocenters. The zero-order valence-corrected chi connectivity index (χ0v) is 12.1. The molecule has 0 N–H and O–H groups in total. The lowest BCUT2D eigenvalue weighted by Gasteiger charge is -2.23. The van der Waals surface area contributed by atoms with Crippen LogP contribution < -0.4 is 0 Å². The van der Waals surface area contributed by atoms with E-state index in [0.29, 0.717) is 21.7 Å². The highest BCUT2D eigenvalue weighted by atomic mass is 79.9. The number of benzene rings is 1. The van der Waals surface area contributed by atoms with Crippen LogP contribution in [0.1, 0.15) is 26.3 Å². The topological polar surface area (TPSA) is 0 Å². The Morgan fingerprint density at radius 2 is 1.94 bits per heavy atom. The van der Waals surface area contributed by atoms with Crippen LogP contribution in [0.4, 0.5) is 4.39 Å². The normalized spacial score (nSPS) is 15.2. The minimum absolute atomic E-state index is 0.202. The summed E-state index contributed by atoms with van der Waals surface area (Å²) in [6.07, 6.45) is 0.743. The molecular formula is C13H17BrClF. The number of hydrogen-bond donors (Lipinski definition) is 0. The lowest BCUT2D eigenvalue weighted by atomic mass is 9.87. The van der Waals surface area contributed by atoms with E-state index >= 15 is 0 Å². The van der Waals surface area contributed by atoms with Crippen LogP contribution >= 0.6 is 27.5 Å². The van der Waals surface area contributed by atoms with Crippen LogP contribution in [-0.4, -0.2) is 4.83 Å². The van der Waals surface area contributed by atoms with Crippen LogP contribution in [0.2, 0.25) is 5.02 Å². The monoisotopic (exact) mass is 306 g/mol. The number of hydrogen-bond acceptors (Lipinski definition) is 0. The van der Waals surface area contributed by atoms with E-state index in [1.54, 1.807) is 12.1 Å². The van der Waals surface area contributed by atoms with Crippen LogP contribution in [0, 0.1) is 17.7 Å². The Hall–Kier alpha value is -0.0800. The zero-order valence-electron chi connectivity index (χ0n) is 9.81. The summed E-state index contributed by atoms with van der Waals surface area (Å²) >= 11 is 9.32.